The predicted molar refractivity (Wildman–Crippen MR) is 137 cm³/mol. The molecule has 168 valence electrons. The summed E-state index contributed by atoms with van der Waals surface area (Å²) in [5.74, 6) is 1.61. The molecule has 0 unspecified atom stereocenters. The Labute approximate surface area is 207 Å². The minimum atomic E-state index is -0.161. The Hall–Kier alpha value is -3.73. The Kier molecular flexibility index (Phi) is 6.01. The zero-order valence-corrected chi connectivity index (χ0v) is 19.7. The van der Waals surface area contributed by atoms with Gasteiger partial charge in [-0.3, -0.25) is 9.69 Å². The van der Waals surface area contributed by atoms with Crippen LogP contribution in [0.4, 0.5) is 5.69 Å². The minimum absolute atomic E-state index is 0.161. The van der Waals surface area contributed by atoms with Crippen molar-refractivity contribution in [3.63, 3.8) is 0 Å². The van der Waals surface area contributed by atoms with E-state index in [1.165, 1.54) is 0 Å². The fourth-order valence-corrected chi connectivity index (χ4v) is 4.24. The van der Waals surface area contributed by atoms with E-state index in [2.05, 4.69) is 0 Å². The molecule has 1 aliphatic heterocycles. The molecule has 3 aromatic carbocycles. The van der Waals surface area contributed by atoms with Crippen molar-refractivity contribution >= 4 is 46.6 Å². The van der Waals surface area contributed by atoms with Crippen molar-refractivity contribution in [2.45, 2.75) is 0 Å². The van der Waals surface area contributed by atoms with Crippen LogP contribution in [0.1, 0.15) is 11.3 Å². The van der Waals surface area contributed by atoms with Crippen LogP contribution in [0.25, 0.3) is 23.1 Å². The van der Waals surface area contributed by atoms with Crippen molar-refractivity contribution in [1.82, 2.24) is 0 Å². The quantitative estimate of drug-likeness (QED) is 0.270. The normalized spacial score (nSPS) is 14.6. The van der Waals surface area contributed by atoms with E-state index in [1.807, 2.05) is 66.7 Å². The Balaban J connectivity index is 1.56. The van der Waals surface area contributed by atoms with E-state index >= 15 is 0 Å². The Morgan fingerprint density at radius 3 is 2.53 bits per heavy atom. The summed E-state index contributed by atoms with van der Waals surface area (Å²) >= 11 is 12.4. The van der Waals surface area contributed by atoms with Gasteiger partial charge in [0.15, 0.2) is 0 Å². The summed E-state index contributed by atoms with van der Waals surface area (Å²) in [5.41, 5.74) is 3.60. The van der Waals surface area contributed by atoms with Crippen LogP contribution >= 0.6 is 23.2 Å². The molecule has 0 bridgehead atoms. The second-order valence-electron chi connectivity index (χ2n) is 7.66. The number of hydrogen-bond acceptors (Lipinski definition) is 3. The molecular formula is C28H19Cl2NO3. The Morgan fingerprint density at radius 2 is 1.74 bits per heavy atom. The Bertz CT molecular complexity index is 1440. The van der Waals surface area contributed by atoms with Gasteiger partial charge in [-0.05, 0) is 60.2 Å². The van der Waals surface area contributed by atoms with Gasteiger partial charge in [-0.15, -0.1) is 0 Å². The number of methoxy groups -OCH3 is 1. The number of benzene rings is 3. The maximum atomic E-state index is 13.6. The van der Waals surface area contributed by atoms with Gasteiger partial charge in [0.05, 0.1) is 23.5 Å². The van der Waals surface area contributed by atoms with Crippen molar-refractivity contribution in [3.8, 4) is 17.1 Å². The Morgan fingerprint density at radius 1 is 0.912 bits per heavy atom. The third kappa shape index (κ3) is 4.26. The first-order chi connectivity index (χ1) is 16.5. The summed E-state index contributed by atoms with van der Waals surface area (Å²) in [5, 5.41) is 1.09. The second kappa shape index (κ2) is 9.26. The molecule has 0 saturated heterocycles. The van der Waals surface area contributed by atoms with Crippen LogP contribution in [-0.2, 0) is 4.79 Å². The summed E-state index contributed by atoms with van der Waals surface area (Å²) in [7, 11) is 1.60. The number of hydrogen-bond donors (Lipinski definition) is 0. The maximum absolute atomic E-state index is 13.6. The highest BCUT2D eigenvalue weighted by atomic mass is 35.5. The topological polar surface area (TPSA) is 42.7 Å². The van der Waals surface area contributed by atoms with E-state index in [4.69, 9.17) is 32.4 Å². The average molecular weight is 488 g/mol. The van der Waals surface area contributed by atoms with Crippen molar-refractivity contribution in [1.29, 1.82) is 0 Å². The fourth-order valence-electron chi connectivity index (χ4n) is 3.86. The molecule has 0 atom stereocenters. The number of carbonyl (C=O) groups is 1. The van der Waals surface area contributed by atoms with E-state index in [0.717, 1.165) is 11.3 Å². The van der Waals surface area contributed by atoms with E-state index < -0.39 is 0 Å². The third-order valence-electron chi connectivity index (χ3n) is 5.48. The SMILES string of the molecule is COc1cccc(N2C(=O)/C(=C/c3ccc(-c4cc(Cl)ccc4Cl)o3)C=C2c2ccccc2)c1. The van der Waals surface area contributed by atoms with E-state index in [0.29, 0.717) is 44.1 Å². The molecule has 4 aromatic rings. The predicted octanol–water partition coefficient (Wildman–Crippen LogP) is 7.73. The number of anilines is 1. The number of furan rings is 1. The average Bonchev–Trinajstić information content (AvgIpc) is 3.46. The molecule has 1 amide bonds. The largest absolute Gasteiger partial charge is 0.497 e. The van der Waals surface area contributed by atoms with Crippen LogP contribution in [0.2, 0.25) is 10.0 Å². The molecule has 34 heavy (non-hydrogen) atoms. The third-order valence-corrected chi connectivity index (χ3v) is 6.05. The number of nitrogens with zero attached hydrogens (tertiary/aromatic N) is 1. The highest BCUT2D eigenvalue weighted by Crippen LogP contribution is 2.37. The summed E-state index contributed by atoms with van der Waals surface area (Å²) < 4.78 is 11.4. The first kappa shape index (κ1) is 22.1. The van der Waals surface area contributed by atoms with Gasteiger partial charge in [0, 0.05) is 22.2 Å². The molecule has 0 aliphatic carbocycles. The highest BCUT2D eigenvalue weighted by Gasteiger charge is 2.31. The fraction of sp³-hybridized carbons (Fsp3) is 0.0357. The van der Waals surface area contributed by atoms with E-state index in [1.54, 1.807) is 42.4 Å². The van der Waals surface area contributed by atoms with Crippen LogP contribution in [0, 0.1) is 0 Å². The van der Waals surface area contributed by atoms with E-state index in [-0.39, 0.29) is 5.91 Å². The lowest BCUT2D eigenvalue weighted by molar-refractivity contribution is -0.113. The molecule has 6 heteroatoms. The van der Waals surface area contributed by atoms with Crippen molar-refractivity contribution in [2.24, 2.45) is 0 Å². The van der Waals surface area contributed by atoms with Gasteiger partial charge in [0.25, 0.3) is 5.91 Å². The van der Waals surface area contributed by atoms with Gasteiger partial charge in [0.2, 0.25) is 0 Å². The van der Waals surface area contributed by atoms with Crippen LogP contribution in [0.15, 0.2) is 101 Å². The number of rotatable bonds is 5. The lowest BCUT2D eigenvalue weighted by Crippen LogP contribution is -2.24. The van der Waals surface area contributed by atoms with Gasteiger partial charge >= 0.3 is 0 Å². The molecule has 0 fully saturated rings. The standard InChI is InChI=1S/C28H19Cl2NO3/c1-33-22-9-5-8-21(17-22)31-26(18-6-3-2-4-7-18)15-19(28(31)32)14-23-11-13-27(34-23)24-16-20(29)10-12-25(24)30/h2-17H,1H3/b19-14+. The van der Waals surface area contributed by atoms with Gasteiger partial charge < -0.3 is 9.15 Å². The number of carbonyl (C=O) groups excluding carboxylic acids is 1. The number of amides is 1. The summed E-state index contributed by atoms with van der Waals surface area (Å²) in [6.07, 6.45) is 3.60. The zero-order valence-electron chi connectivity index (χ0n) is 18.2. The van der Waals surface area contributed by atoms with Crippen molar-refractivity contribution in [3.05, 3.63) is 118 Å². The molecule has 0 spiro atoms. The molecule has 4 nitrogen and oxygen atoms in total. The molecule has 5 rings (SSSR count). The zero-order chi connectivity index (χ0) is 23.7. The number of halogens is 2. The van der Waals surface area contributed by atoms with Crippen LogP contribution in [0.5, 0.6) is 5.75 Å². The highest BCUT2D eigenvalue weighted by molar-refractivity contribution is 6.35. The lowest BCUT2D eigenvalue weighted by Gasteiger charge is -2.21. The van der Waals surface area contributed by atoms with Crippen LogP contribution < -0.4 is 9.64 Å². The smallest absolute Gasteiger partial charge is 0.263 e. The van der Waals surface area contributed by atoms with Gasteiger partial charge in [0.1, 0.15) is 17.3 Å². The summed E-state index contributed by atoms with van der Waals surface area (Å²) in [6.45, 7) is 0. The molecule has 0 radical (unpaired) electrons. The van der Waals surface area contributed by atoms with Gasteiger partial charge in [-0.2, -0.15) is 0 Å². The first-order valence-electron chi connectivity index (χ1n) is 10.6. The van der Waals surface area contributed by atoms with Crippen LogP contribution in [0.3, 0.4) is 0 Å². The lowest BCUT2D eigenvalue weighted by atomic mass is 10.1. The second-order valence-corrected chi connectivity index (χ2v) is 8.51. The molecule has 1 aliphatic rings. The van der Waals surface area contributed by atoms with Crippen molar-refractivity contribution in [2.75, 3.05) is 12.0 Å². The van der Waals surface area contributed by atoms with Crippen molar-refractivity contribution < 1.29 is 13.9 Å². The van der Waals surface area contributed by atoms with Crippen LogP contribution in [-0.4, -0.2) is 13.0 Å². The summed E-state index contributed by atoms with van der Waals surface area (Å²) in [6, 6.07) is 26.0. The van der Waals surface area contributed by atoms with E-state index in [9.17, 15) is 4.79 Å². The molecular weight excluding hydrogens is 469 g/mol. The maximum Gasteiger partial charge on any atom is 0.263 e. The van der Waals surface area contributed by atoms with Gasteiger partial charge in [-0.25, -0.2) is 0 Å². The summed E-state index contributed by atoms with van der Waals surface area (Å²) in [4.78, 5) is 15.2. The monoisotopic (exact) mass is 487 g/mol. The number of ether oxygens (including phenoxy) is 1. The molecule has 1 aromatic heterocycles. The van der Waals surface area contributed by atoms with Gasteiger partial charge in [-0.1, -0.05) is 59.6 Å². The molecule has 0 saturated carbocycles. The first-order valence-corrected chi connectivity index (χ1v) is 11.3. The minimum Gasteiger partial charge on any atom is -0.497 e. The molecule has 2 heterocycles. The molecule has 0 N–H and O–H groups in total.